The van der Waals surface area contributed by atoms with E-state index in [0.29, 0.717) is 11.1 Å². The van der Waals surface area contributed by atoms with E-state index in [0.717, 1.165) is 5.56 Å². The fraction of sp³-hybridized carbons (Fsp3) is 0.143. The summed E-state index contributed by atoms with van der Waals surface area (Å²) >= 11 is 0. The Balaban J connectivity index is 2.60. The second-order valence-electron chi connectivity index (χ2n) is 3.88. The molecule has 0 heterocycles. The summed E-state index contributed by atoms with van der Waals surface area (Å²) in [6.45, 7) is 1.85. The van der Waals surface area contributed by atoms with Crippen LogP contribution in [-0.2, 0) is 0 Å². The van der Waals surface area contributed by atoms with E-state index in [1.54, 1.807) is 24.3 Å². The van der Waals surface area contributed by atoms with Crippen LogP contribution in [0.15, 0.2) is 36.4 Å². The van der Waals surface area contributed by atoms with Crippen LogP contribution in [0.1, 0.15) is 5.56 Å². The Morgan fingerprint density at radius 1 is 1.18 bits per heavy atom. The molecule has 0 aromatic heterocycles. The Morgan fingerprint density at radius 2 is 1.94 bits per heavy atom. The second-order valence-corrected chi connectivity index (χ2v) is 3.88. The lowest BCUT2D eigenvalue weighted by Crippen LogP contribution is -1.91. The molecule has 0 aliphatic heterocycles. The molecule has 0 fully saturated rings. The average Bonchev–Trinajstić information content (AvgIpc) is 2.28. The standard InChI is InChI=1S/C14H13FO2/c1-9-6-10(8-11(16)7-9)12-4-3-5-13(17-2)14(12)15/h3-8,16H,1-2H3. The minimum absolute atomic E-state index is 0.127. The molecule has 0 spiro atoms. The van der Waals surface area contributed by atoms with E-state index >= 15 is 0 Å². The van der Waals surface area contributed by atoms with Crippen molar-refractivity contribution in [3.63, 3.8) is 0 Å². The summed E-state index contributed by atoms with van der Waals surface area (Å²) in [5.74, 6) is -0.0919. The molecule has 2 rings (SSSR count). The van der Waals surface area contributed by atoms with E-state index in [2.05, 4.69) is 0 Å². The van der Waals surface area contributed by atoms with Crippen molar-refractivity contribution < 1.29 is 14.2 Å². The van der Waals surface area contributed by atoms with Gasteiger partial charge in [-0.1, -0.05) is 18.2 Å². The molecule has 88 valence electrons. The van der Waals surface area contributed by atoms with Crippen molar-refractivity contribution >= 4 is 0 Å². The number of halogens is 1. The van der Waals surface area contributed by atoms with Gasteiger partial charge >= 0.3 is 0 Å². The van der Waals surface area contributed by atoms with Gasteiger partial charge in [0.2, 0.25) is 0 Å². The minimum atomic E-state index is -0.417. The number of hydrogen-bond donors (Lipinski definition) is 1. The monoisotopic (exact) mass is 232 g/mol. The summed E-state index contributed by atoms with van der Waals surface area (Å²) in [6, 6.07) is 9.92. The highest BCUT2D eigenvalue weighted by atomic mass is 19.1. The van der Waals surface area contributed by atoms with Gasteiger partial charge in [-0.25, -0.2) is 4.39 Å². The van der Waals surface area contributed by atoms with Gasteiger partial charge in [0.1, 0.15) is 5.75 Å². The van der Waals surface area contributed by atoms with Crippen molar-refractivity contribution in [1.82, 2.24) is 0 Å². The molecule has 0 saturated carbocycles. The van der Waals surface area contributed by atoms with Gasteiger partial charge in [-0.2, -0.15) is 0 Å². The molecule has 0 saturated heterocycles. The number of benzene rings is 2. The number of rotatable bonds is 2. The maximum absolute atomic E-state index is 14.0. The Kier molecular flexibility index (Phi) is 3.00. The van der Waals surface area contributed by atoms with Crippen LogP contribution in [0.5, 0.6) is 11.5 Å². The van der Waals surface area contributed by atoms with Gasteiger partial charge in [-0.05, 0) is 36.2 Å². The average molecular weight is 232 g/mol. The molecule has 2 aromatic rings. The summed E-state index contributed by atoms with van der Waals surface area (Å²) < 4.78 is 18.9. The number of phenols is 1. The molecule has 1 N–H and O–H groups in total. The molecular formula is C14H13FO2. The van der Waals surface area contributed by atoms with Crippen LogP contribution in [-0.4, -0.2) is 12.2 Å². The normalized spacial score (nSPS) is 10.3. The third-order valence-electron chi connectivity index (χ3n) is 2.56. The summed E-state index contributed by atoms with van der Waals surface area (Å²) in [5.41, 5.74) is 1.93. The third-order valence-corrected chi connectivity index (χ3v) is 2.56. The predicted molar refractivity (Wildman–Crippen MR) is 64.8 cm³/mol. The molecule has 2 aromatic carbocycles. The van der Waals surface area contributed by atoms with E-state index in [1.165, 1.54) is 13.2 Å². The van der Waals surface area contributed by atoms with Crippen LogP contribution in [0.3, 0.4) is 0 Å². The van der Waals surface area contributed by atoms with E-state index in [4.69, 9.17) is 4.74 Å². The highest BCUT2D eigenvalue weighted by Gasteiger charge is 2.11. The van der Waals surface area contributed by atoms with Crippen molar-refractivity contribution in [2.45, 2.75) is 6.92 Å². The van der Waals surface area contributed by atoms with E-state index in [1.807, 2.05) is 13.0 Å². The first kappa shape index (κ1) is 11.5. The van der Waals surface area contributed by atoms with Gasteiger partial charge < -0.3 is 9.84 Å². The summed E-state index contributed by atoms with van der Waals surface area (Å²) in [7, 11) is 1.43. The maximum Gasteiger partial charge on any atom is 0.172 e. The first-order chi connectivity index (χ1) is 8.11. The van der Waals surface area contributed by atoms with E-state index in [9.17, 15) is 9.50 Å². The quantitative estimate of drug-likeness (QED) is 0.858. The Morgan fingerprint density at radius 3 is 2.59 bits per heavy atom. The number of methoxy groups -OCH3 is 1. The zero-order valence-corrected chi connectivity index (χ0v) is 9.70. The topological polar surface area (TPSA) is 29.5 Å². The van der Waals surface area contributed by atoms with Crippen molar-refractivity contribution in [2.24, 2.45) is 0 Å². The van der Waals surface area contributed by atoms with Crippen LogP contribution in [0, 0.1) is 12.7 Å². The van der Waals surface area contributed by atoms with Crippen LogP contribution in [0.4, 0.5) is 4.39 Å². The van der Waals surface area contributed by atoms with Gasteiger partial charge in [-0.3, -0.25) is 0 Å². The van der Waals surface area contributed by atoms with Crippen molar-refractivity contribution in [3.8, 4) is 22.6 Å². The van der Waals surface area contributed by atoms with Gasteiger partial charge in [0.15, 0.2) is 11.6 Å². The molecule has 3 heteroatoms. The summed E-state index contributed by atoms with van der Waals surface area (Å²) in [4.78, 5) is 0. The van der Waals surface area contributed by atoms with Crippen LogP contribution in [0.2, 0.25) is 0 Å². The SMILES string of the molecule is COc1cccc(-c2cc(C)cc(O)c2)c1F. The van der Waals surface area contributed by atoms with Gasteiger partial charge in [0, 0.05) is 5.56 Å². The maximum atomic E-state index is 14.0. The van der Waals surface area contributed by atoms with E-state index < -0.39 is 5.82 Å². The molecule has 0 atom stereocenters. The van der Waals surface area contributed by atoms with Crippen LogP contribution < -0.4 is 4.74 Å². The second kappa shape index (κ2) is 4.45. The highest BCUT2D eigenvalue weighted by Crippen LogP contribution is 2.31. The molecule has 2 nitrogen and oxygen atoms in total. The molecule has 0 aliphatic carbocycles. The Hall–Kier alpha value is -2.03. The number of ether oxygens (including phenoxy) is 1. The lowest BCUT2D eigenvalue weighted by molar-refractivity contribution is 0.387. The minimum Gasteiger partial charge on any atom is -0.508 e. The Bertz CT molecular complexity index is 530. The number of phenolic OH excluding ortho intramolecular Hbond substituents is 1. The summed E-state index contributed by atoms with van der Waals surface area (Å²) in [5, 5.41) is 9.52. The highest BCUT2D eigenvalue weighted by molar-refractivity contribution is 5.68. The molecule has 17 heavy (non-hydrogen) atoms. The fourth-order valence-electron chi connectivity index (χ4n) is 1.81. The lowest BCUT2D eigenvalue weighted by atomic mass is 10.0. The van der Waals surface area contributed by atoms with Gasteiger partial charge in [-0.15, -0.1) is 0 Å². The number of hydrogen-bond acceptors (Lipinski definition) is 2. The van der Waals surface area contributed by atoms with Gasteiger partial charge in [0.05, 0.1) is 7.11 Å². The smallest absolute Gasteiger partial charge is 0.172 e. The molecule has 0 amide bonds. The predicted octanol–water partition coefficient (Wildman–Crippen LogP) is 3.52. The zero-order chi connectivity index (χ0) is 12.4. The van der Waals surface area contributed by atoms with Crippen molar-refractivity contribution in [2.75, 3.05) is 7.11 Å². The van der Waals surface area contributed by atoms with Crippen molar-refractivity contribution in [3.05, 3.63) is 47.8 Å². The molecular weight excluding hydrogens is 219 g/mol. The Labute approximate surface area is 99.3 Å². The zero-order valence-electron chi connectivity index (χ0n) is 9.70. The van der Waals surface area contributed by atoms with Crippen LogP contribution in [0.25, 0.3) is 11.1 Å². The van der Waals surface area contributed by atoms with Crippen LogP contribution >= 0.6 is 0 Å². The number of aromatic hydroxyl groups is 1. The third kappa shape index (κ3) is 2.23. The number of aryl methyl sites for hydroxylation is 1. The molecule has 0 bridgehead atoms. The van der Waals surface area contributed by atoms with Gasteiger partial charge in [0.25, 0.3) is 0 Å². The molecule has 0 unspecified atom stereocenters. The largest absolute Gasteiger partial charge is 0.508 e. The van der Waals surface area contributed by atoms with Crippen molar-refractivity contribution in [1.29, 1.82) is 0 Å². The summed E-state index contributed by atoms with van der Waals surface area (Å²) in [6.07, 6.45) is 0. The lowest BCUT2D eigenvalue weighted by Gasteiger charge is -2.08. The molecule has 0 radical (unpaired) electrons. The molecule has 0 aliphatic rings. The first-order valence-corrected chi connectivity index (χ1v) is 5.25. The fourth-order valence-corrected chi connectivity index (χ4v) is 1.81. The van der Waals surface area contributed by atoms with E-state index in [-0.39, 0.29) is 11.5 Å². The first-order valence-electron chi connectivity index (χ1n) is 5.25.